The van der Waals surface area contributed by atoms with Gasteiger partial charge in [0.05, 0.1) is 23.5 Å². The quantitative estimate of drug-likeness (QED) is 0.233. The number of hydrogen-bond donors (Lipinski definition) is 2. The van der Waals surface area contributed by atoms with E-state index in [1.54, 1.807) is 38.4 Å². The van der Waals surface area contributed by atoms with Crippen LogP contribution in [-0.2, 0) is 21.4 Å². The molecule has 5 aromatic rings. The number of nitrogens with one attached hydrogen (secondary N) is 2. The van der Waals surface area contributed by atoms with E-state index in [0.29, 0.717) is 46.2 Å². The van der Waals surface area contributed by atoms with Gasteiger partial charge >= 0.3 is 0 Å². The van der Waals surface area contributed by atoms with Crippen molar-refractivity contribution in [3.8, 4) is 11.5 Å². The van der Waals surface area contributed by atoms with Gasteiger partial charge in [0.25, 0.3) is 10.0 Å². The Kier molecular flexibility index (Phi) is 7.89. The highest BCUT2D eigenvalue weighted by molar-refractivity contribution is 7.99. The molecule has 0 atom stereocenters. The molecule has 0 radical (unpaired) electrons. The van der Waals surface area contributed by atoms with E-state index < -0.39 is 10.0 Å². The minimum Gasteiger partial charge on any atom is -0.467 e. The molecule has 0 aliphatic carbocycles. The van der Waals surface area contributed by atoms with E-state index in [1.807, 2.05) is 28.8 Å². The van der Waals surface area contributed by atoms with Gasteiger partial charge in [-0.3, -0.25) is 19.1 Å². The Morgan fingerprint density at radius 1 is 1.02 bits per heavy atom. The summed E-state index contributed by atoms with van der Waals surface area (Å²) in [6, 6.07) is 16.6. The number of thioether (sulfide) groups is 1. The Labute approximate surface area is 234 Å². The number of nitrogens with zero attached hydrogens (tertiary/aromatic N) is 6. The first-order valence-corrected chi connectivity index (χ1v) is 14.5. The van der Waals surface area contributed by atoms with Crippen LogP contribution in [0.25, 0.3) is 11.5 Å². The molecule has 0 aliphatic rings. The summed E-state index contributed by atoms with van der Waals surface area (Å²) in [6.45, 7) is 3.81. The Bertz CT molecular complexity index is 1700. The van der Waals surface area contributed by atoms with E-state index in [2.05, 4.69) is 35.2 Å². The molecule has 40 heavy (non-hydrogen) atoms. The fraction of sp³-hybridized carbons (Fsp3) is 0.154. The van der Waals surface area contributed by atoms with Crippen LogP contribution >= 0.6 is 11.8 Å². The summed E-state index contributed by atoms with van der Waals surface area (Å²) in [5, 5.41) is 11.9. The second-order valence-corrected chi connectivity index (χ2v) is 11.2. The number of hydrogen-bond acceptors (Lipinski definition) is 10. The number of aryl methyl sites for hydroxylation is 2. The molecule has 0 saturated heterocycles. The number of carbonyl (C=O) groups is 1. The molecule has 0 saturated carbocycles. The van der Waals surface area contributed by atoms with E-state index in [1.165, 1.54) is 36.0 Å². The van der Waals surface area contributed by atoms with Crippen molar-refractivity contribution < 1.29 is 17.6 Å². The zero-order valence-corrected chi connectivity index (χ0v) is 23.1. The molecule has 204 valence electrons. The number of carbonyl (C=O) groups excluding carboxylic acids is 1. The SMILES string of the molecule is Cc1cc(NS(=O)(=O)c2ccc(NC(=O)CSc3nnc(-c4ccccn4)n3Cc3ccco3)cc2)nc(C)n1. The van der Waals surface area contributed by atoms with Crippen LogP contribution in [0.1, 0.15) is 17.3 Å². The highest BCUT2D eigenvalue weighted by Gasteiger charge is 2.19. The van der Waals surface area contributed by atoms with Crippen LogP contribution in [0.4, 0.5) is 11.5 Å². The largest absolute Gasteiger partial charge is 0.467 e. The Hall–Kier alpha value is -4.56. The molecule has 0 aliphatic heterocycles. The number of rotatable bonds is 10. The lowest BCUT2D eigenvalue weighted by atomic mass is 10.3. The van der Waals surface area contributed by atoms with Gasteiger partial charge in [0, 0.05) is 23.6 Å². The number of amides is 1. The van der Waals surface area contributed by atoms with Crippen LogP contribution in [0.15, 0.2) is 87.6 Å². The molecule has 1 aromatic carbocycles. The maximum Gasteiger partial charge on any atom is 0.263 e. The maximum atomic E-state index is 12.8. The van der Waals surface area contributed by atoms with E-state index in [9.17, 15) is 13.2 Å². The molecule has 1 amide bonds. The number of sulfonamides is 1. The first-order chi connectivity index (χ1) is 19.3. The highest BCUT2D eigenvalue weighted by atomic mass is 32.2. The third kappa shape index (κ3) is 6.52. The third-order valence-corrected chi connectivity index (χ3v) is 7.83. The molecule has 5 rings (SSSR count). The zero-order chi connectivity index (χ0) is 28.1. The average Bonchev–Trinajstić information content (AvgIpc) is 3.58. The summed E-state index contributed by atoms with van der Waals surface area (Å²) in [7, 11) is -3.87. The van der Waals surface area contributed by atoms with Gasteiger partial charge in [0.2, 0.25) is 5.91 Å². The van der Waals surface area contributed by atoms with E-state index in [0.717, 1.165) is 0 Å². The molecule has 0 unspecified atom stereocenters. The summed E-state index contributed by atoms with van der Waals surface area (Å²) in [5.74, 6) is 1.66. The van der Waals surface area contributed by atoms with E-state index in [-0.39, 0.29) is 22.4 Å². The van der Waals surface area contributed by atoms with Gasteiger partial charge in [-0.2, -0.15) is 0 Å². The van der Waals surface area contributed by atoms with Gasteiger partial charge in [-0.15, -0.1) is 10.2 Å². The zero-order valence-electron chi connectivity index (χ0n) is 21.5. The molecule has 4 heterocycles. The molecule has 4 aromatic heterocycles. The lowest BCUT2D eigenvalue weighted by Gasteiger charge is -2.10. The van der Waals surface area contributed by atoms with Crippen molar-refractivity contribution in [1.82, 2.24) is 29.7 Å². The van der Waals surface area contributed by atoms with Gasteiger partial charge in [0.1, 0.15) is 23.1 Å². The molecule has 14 heteroatoms. The highest BCUT2D eigenvalue weighted by Crippen LogP contribution is 2.25. The second-order valence-electron chi connectivity index (χ2n) is 8.60. The van der Waals surface area contributed by atoms with Crippen molar-refractivity contribution in [2.45, 2.75) is 30.4 Å². The molecule has 0 spiro atoms. The van der Waals surface area contributed by atoms with Crippen molar-refractivity contribution in [2.24, 2.45) is 0 Å². The lowest BCUT2D eigenvalue weighted by Crippen LogP contribution is -2.16. The van der Waals surface area contributed by atoms with Gasteiger partial charge in [-0.1, -0.05) is 17.8 Å². The first-order valence-electron chi connectivity index (χ1n) is 12.0. The molecule has 0 bridgehead atoms. The van der Waals surface area contributed by atoms with Crippen LogP contribution < -0.4 is 10.0 Å². The standard InChI is InChI=1S/C26H24N8O4S2/c1-17-14-23(29-18(2)28-17)33-40(36,37)21-10-8-19(9-11-21)30-24(35)16-39-26-32-31-25(22-7-3-4-12-27-22)34(26)15-20-6-5-13-38-20/h3-14H,15-16H2,1-2H3,(H,30,35)(H,28,29,33). The molecule has 12 nitrogen and oxygen atoms in total. The number of pyridine rings is 1. The molecule has 0 fully saturated rings. The minimum absolute atomic E-state index is 0.0295. The molecular formula is C26H24N8O4S2. The summed E-state index contributed by atoms with van der Waals surface area (Å²) in [6.07, 6.45) is 3.26. The fourth-order valence-corrected chi connectivity index (χ4v) is 5.52. The van der Waals surface area contributed by atoms with Crippen molar-refractivity contribution in [1.29, 1.82) is 0 Å². The van der Waals surface area contributed by atoms with Gasteiger partial charge in [0.15, 0.2) is 11.0 Å². The summed E-state index contributed by atoms with van der Waals surface area (Å²) >= 11 is 1.21. The minimum atomic E-state index is -3.87. The Morgan fingerprint density at radius 3 is 2.55 bits per heavy atom. The number of furan rings is 1. The smallest absolute Gasteiger partial charge is 0.263 e. The van der Waals surface area contributed by atoms with E-state index in [4.69, 9.17) is 4.42 Å². The van der Waals surface area contributed by atoms with Gasteiger partial charge in [-0.05, 0) is 62.4 Å². The molecular weight excluding hydrogens is 552 g/mol. The predicted molar refractivity (Wildman–Crippen MR) is 149 cm³/mol. The number of benzene rings is 1. The van der Waals surface area contributed by atoms with Crippen LogP contribution in [0, 0.1) is 13.8 Å². The first kappa shape index (κ1) is 27.0. The van der Waals surface area contributed by atoms with Gasteiger partial charge in [-0.25, -0.2) is 18.4 Å². The average molecular weight is 577 g/mol. The fourth-order valence-electron chi connectivity index (χ4n) is 3.79. The number of aromatic nitrogens is 6. The van der Waals surface area contributed by atoms with Crippen molar-refractivity contribution >= 4 is 39.2 Å². The summed E-state index contributed by atoms with van der Waals surface area (Å²) in [5.41, 5.74) is 1.74. The van der Waals surface area contributed by atoms with Crippen LogP contribution in [0.2, 0.25) is 0 Å². The Morgan fingerprint density at radius 2 is 1.85 bits per heavy atom. The Balaban J connectivity index is 1.24. The van der Waals surface area contributed by atoms with Crippen LogP contribution in [-0.4, -0.2) is 49.8 Å². The van der Waals surface area contributed by atoms with E-state index >= 15 is 0 Å². The van der Waals surface area contributed by atoms with Crippen LogP contribution in [0.5, 0.6) is 0 Å². The summed E-state index contributed by atoms with van der Waals surface area (Å²) < 4.78 is 35.3. The third-order valence-electron chi connectivity index (χ3n) is 5.49. The maximum absolute atomic E-state index is 12.8. The number of anilines is 2. The predicted octanol–water partition coefficient (Wildman–Crippen LogP) is 3.92. The summed E-state index contributed by atoms with van der Waals surface area (Å²) in [4.78, 5) is 25.4. The topological polar surface area (TPSA) is 158 Å². The lowest BCUT2D eigenvalue weighted by molar-refractivity contribution is -0.113. The van der Waals surface area contributed by atoms with Gasteiger partial charge < -0.3 is 9.73 Å². The monoisotopic (exact) mass is 576 g/mol. The van der Waals surface area contributed by atoms with Crippen molar-refractivity contribution in [2.75, 3.05) is 15.8 Å². The van der Waals surface area contributed by atoms with Crippen LogP contribution in [0.3, 0.4) is 0 Å². The normalized spacial score (nSPS) is 11.3. The van der Waals surface area contributed by atoms with Crippen molar-refractivity contribution in [3.05, 3.63) is 90.4 Å². The second kappa shape index (κ2) is 11.7. The van der Waals surface area contributed by atoms with Crippen molar-refractivity contribution in [3.63, 3.8) is 0 Å². The molecule has 2 N–H and O–H groups in total.